The molecule has 0 radical (unpaired) electrons. The molecular formula is C20H15FN2. The third kappa shape index (κ3) is 2.79. The second-order valence-corrected chi connectivity index (χ2v) is 5.19. The van der Waals surface area contributed by atoms with Crippen LogP contribution < -0.4 is 0 Å². The lowest BCUT2D eigenvalue weighted by Gasteiger charge is -2.00. The van der Waals surface area contributed by atoms with Crippen LogP contribution in [0.3, 0.4) is 0 Å². The SMILES string of the molecule is C=CCn1cc(C=C(C#N)c2ccccc2F)c2ccccc21. The van der Waals surface area contributed by atoms with E-state index in [4.69, 9.17) is 0 Å². The Bertz CT molecular complexity index is 942. The van der Waals surface area contributed by atoms with Crippen LogP contribution in [0.15, 0.2) is 67.4 Å². The van der Waals surface area contributed by atoms with Crippen LogP contribution in [0.25, 0.3) is 22.6 Å². The first-order chi connectivity index (χ1) is 11.2. The van der Waals surface area contributed by atoms with Gasteiger partial charge in [-0.25, -0.2) is 4.39 Å². The van der Waals surface area contributed by atoms with Gasteiger partial charge in [0.25, 0.3) is 0 Å². The summed E-state index contributed by atoms with van der Waals surface area (Å²) in [5.74, 6) is -0.393. The average molecular weight is 302 g/mol. The number of nitrogens with zero attached hydrogens (tertiary/aromatic N) is 2. The Kier molecular flexibility index (Phi) is 4.07. The zero-order chi connectivity index (χ0) is 16.2. The smallest absolute Gasteiger partial charge is 0.131 e. The Morgan fingerprint density at radius 3 is 2.65 bits per heavy atom. The highest BCUT2D eigenvalue weighted by molar-refractivity contribution is 5.98. The molecule has 0 saturated heterocycles. The number of hydrogen-bond acceptors (Lipinski definition) is 1. The maximum atomic E-state index is 14.0. The van der Waals surface area contributed by atoms with Gasteiger partial charge in [0.1, 0.15) is 5.82 Å². The van der Waals surface area contributed by atoms with Crippen molar-refractivity contribution in [3.63, 3.8) is 0 Å². The molecule has 3 aromatic rings. The maximum absolute atomic E-state index is 14.0. The van der Waals surface area contributed by atoms with Gasteiger partial charge in [-0.3, -0.25) is 0 Å². The fourth-order valence-corrected chi connectivity index (χ4v) is 2.69. The predicted molar refractivity (Wildman–Crippen MR) is 92.0 cm³/mol. The Balaban J connectivity index is 2.18. The molecule has 0 aliphatic heterocycles. The summed E-state index contributed by atoms with van der Waals surface area (Å²) in [6, 6.07) is 16.4. The maximum Gasteiger partial charge on any atom is 0.131 e. The minimum atomic E-state index is -0.393. The number of halogens is 1. The lowest BCUT2D eigenvalue weighted by Crippen LogP contribution is -1.91. The highest BCUT2D eigenvalue weighted by Crippen LogP contribution is 2.27. The van der Waals surface area contributed by atoms with E-state index in [1.807, 2.05) is 36.5 Å². The topological polar surface area (TPSA) is 28.7 Å². The van der Waals surface area contributed by atoms with Gasteiger partial charge in [0.2, 0.25) is 0 Å². The zero-order valence-electron chi connectivity index (χ0n) is 12.5. The molecule has 0 unspecified atom stereocenters. The van der Waals surface area contributed by atoms with Crippen molar-refractivity contribution in [1.29, 1.82) is 5.26 Å². The summed E-state index contributed by atoms with van der Waals surface area (Å²) in [7, 11) is 0. The van der Waals surface area contributed by atoms with E-state index >= 15 is 0 Å². The molecule has 1 heterocycles. The van der Waals surface area contributed by atoms with E-state index in [1.165, 1.54) is 6.07 Å². The molecule has 0 bridgehead atoms. The van der Waals surface area contributed by atoms with Gasteiger partial charge >= 0.3 is 0 Å². The van der Waals surface area contributed by atoms with Gasteiger partial charge in [-0.05, 0) is 18.2 Å². The van der Waals surface area contributed by atoms with Crippen LogP contribution in [0.2, 0.25) is 0 Å². The summed E-state index contributed by atoms with van der Waals surface area (Å²) >= 11 is 0. The fourth-order valence-electron chi connectivity index (χ4n) is 2.69. The van der Waals surface area contributed by atoms with Crippen molar-refractivity contribution in [1.82, 2.24) is 4.57 Å². The Labute approximate surface area is 134 Å². The number of fused-ring (bicyclic) bond motifs is 1. The van der Waals surface area contributed by atoms with Crippen LogP contribution in [0.1, 0.15) is 11.1 Å². The summed E-state index contributed by atoms with van der Waals surface area (Å²) in [5, 5.41) is 10.5. The molecule has 2 aromatic carbocycles. The normalized spacial score (nSPS) is 11.4. The second kappa shape index (κ2) is 6.33. The van der Waals surface area contributed by atoms with E-state index in [9.17, 15) is 9.65 Å². The van der Waals surface area contributed by atoms with E-state index in [1.54, 1.807) is 24.3 Å². The summed E-state index contributed by atoms with van der Waals surface area (Å²) in [6.07, 6.45) is 5.52. The highest BCUT2D eigenvalue weighted by atomic mass is 19.1. The highest BCUT2D eigenvalue weighted by Gasteiger charge is 2.10. The summed E-state index contributed by atoms with van der Waals surface area (Å²) < 4.78 is 16.0. The summed E-state index contributed by atoms with van der Waals surface area (Å²) in [5.41, 5.74) is 2.58. The van der Waals surface area contributed by atoms with Crippen LogP contribution in [0.4, 0.5) is 4.39 Å². The van der Waals surface area contributed by atoms with Crippen molar-refractivity contribution in [3.05, 3.63) is 84.3 Å². The van der Waals surface area contributed by atoms with Crippen LogP contribution in [0.5, 0.6) is 0 Å². The van der Waals surface area contributed by atoms with E-state index < -0.39 is 5.82 Å². The van der Waals surface area contributed by atoms with Crippen molar-refractivity contribution < 1.29 is 4.39 Å². The lowest BCUT2D eigenvalue weighted by atomic mass is 10.0. The lowest BCUT2D eigenvalue weighted by molar-refractivity contribution is 0.624. The van der Waals surface area contributed by atoms with Gasteiger partial charge in [-0.1, -0.05) is 42.5 Å². The quantitative estimate of drug-likeness (QED) is 0.491. The summed E-state index contributed by atoms with van der Waals surface area (Å²) in [4.78, 5) is 0. The minimum Gasteiger partial charge on any atom is -0.343 e. The molecule has 1 aromatic heterocycles. The van der Waals surface area contributed by atoms with Gasteiger partial charge in [0.15, 0.2) is 0 Å². The minimum absolute atomic E-state index is 0.310. The molecule has 112 valence electrons. The number of hydrogen-bond donors (Lipinski definition) is 0. The van der Waals surface area contributed by atoms with Crippen molar-refractivity contribution in [3.8, 4) is 6.07 Å². The van der Waals surface area contributed by atoms with Crippen molar-refractivity contribution in [2.75, 3.05) is 0 Å². The number of benzene rings is 2. The van der Waals surface area contributed by atoms with Crippen LogP contribution in [-0.4, -0.2) is 4.57 Å². The van der Waals surface area contributed by atoms with Crippen LogP contribution in [-0.2, 0) is 6.54 Å². The monoisotopic (exact) mass is 302 g/mol. The first kappa shape index (κ1) is 14.8. The van der Waals surface area contributed by atoms with E-state index in [0.29, 0.717) is 17.7 Å². The molecule has 0 N–H and O–H groups in total. The Morgan fingerprint density at radius 2 is 1.91 bits per heavy atom. The van der Waals surface area contributed by atoms with Gasteiger partial charge in [0, 0.05) is 34.8 Å². The number of rotatable bonds is 4. The average Bonchev–Trinajstić information content (AvgIpc) is 2.92. The number of aromatic nitrogens is 1. The van der Waals surface area contributed by atoms with Crippen molar-refractivity contribution in [2.45, 2.75) is 6.54 Å². The number of nitriles is 1. The zero-order valence-corrected chi connectivity index (χ0v) is 12.5. The summed E-state index contributed by atoms with van der Waals surface area (Å²) in [6.45, 7) is 4.45. The molecule has 0 fully saturated rings. The first-order valence-corrected chi connectivity index (χ1v) is 7.30. The van der Waals surface area contributed by atoms with Gasteiger partial charge in [0.05, 0.1) is 11.6 Å². The largest absolute Gasteiger partial charge is 0.343 e. The fraction of sp³-hybridized carbons (Fsp3) is 0.0500. The Morgan fingerprint density at radius 1 is 1.17 bits per heavy atom. The van der Waals surface area contributed by atoms with Gasteiger partial charge in [-0.15, -0.1) is 6.58 Å². The van der Waals surface area contributed by atoms with E-state index in [-0.39, 0.29) is 0 Å². The molecule has 0 atom stereocenters. The van der Waals surface area contributed by atoms with Crippen LogP contribution in [0, 0.1) is 17.1 Å². The molecule has 0 amide bonds. The van der Waals surface area contributed by atoms with Crippen molar-refractivity contribution in [2.24, 2.45) is 0 Å². The van der Waals surface area contributed by atoms with Gasteiger partial charge in [-0.2, -0.15) is 5.26 Å². The first-order valence-electron chi connectivity index (χ1n) is 7.30. The number of para-hydroxylation sites is 1. The molecular weight excluding hydrogens is 287 g/mol. The molecule has 0 aliphatic carbocycles. The Hall–Kier alpha value is -3.12. The predicted octanol–water partition coefficient (Wildman–Crippen LogP) is 5.03. The van der Waals surface area contributed by atoms with Crippen molar-refractivity contribution >= 4 is 22.6 Å². The second-order valence-electron chi connectivity index (χ2n) is 5.19. The molecule has 0 aliphatic rings. The molecule has 3 rings (SSSR count). The van der Waals surface area contributed by atoms with E-state index in [0.717, 1.165) is 16.5 Å². The standard InChI is InChI=1S/C20H15FN2/c1-2-11-23-14-16(18-8-4-6-10-20(18)23)12-15(13-22)17-7-3-5-9-19(17)21/h2-10,12,14H,1,11H2. The third-order valence-electron chi connectivity index (χ3n) is 3.73. The number of allylic oxidation sites excluding steroid dienone is 2. The molecule has 3 heteroatoms. The molecule has 0 spiro atoms. The van der Waals surface area contributed by atoms with Crippen LogP contribution >= 0.6 is 0 Å². The molecule has 0 saturated carbocycles. The molecule has 2 nitrogen and oxygen atoms in total. The van der Waals surface area contributed by atoms with Gasteiger partial charge < -0.3 is 4.57 Å². The third-order valence-corrected chi connectivity index (χ3v) is 3.73. The molecule has 23 heavy (non-hydrogen) atoms. The van der Waals surface area contributed by atoms with E-state index in [2.05, 4.69) is 17.2 Å².